The summed E-state index contributed by atoms with van der Waals surface area (Å²) in [6.07, 6.45) is 4.71. The maximum Gasteiger partial charge on any atom is 0.407 e. The predicted molar refractivity (Wildman–Crippen MR) is 182 cm³/mol. The molecule has 274 valence electrons. The van der Waals surface area contributed by atoms with Gasteiger partial charge in [-0.2, -0.15) is 0 Å². The average molecular weight is 709 g/mol. The number of benzene rings is 1. The van der Waals surface area contributed by atoms with Gasteiger partial charge >= 0.3 is 19.7 Å². The Hall–Kier alpha value is -3.48. The number of unbranched alkanes of at least 4 members (excludes halogenated alkanes) is 2. The minimum atomic E-state index is -3.93. The van der Waals surface area contributed by atoms with Crippen LogP contribution in [0.1, 0.15) is 90.0 Å². The van der Waals surface area contributed by atoms with E-state index < -0.39 is 55.7 Å². The minimum Gasteiger partial charge on any atom is -0.480 e. The predicted octanol–water partition coefficient (Wildman–Crippen LogP) is 4.36. The molecule has 0 spiro atoms. The van der Waals surface area contributed by atoms with E-state index in [-0.39, 0.29) is 31.1 Å². The summed E-state index contributed by atoms with van der Waals surface area (Å²) in [5.41, 5.74) is 0.873. The molecule has 3 rings (SSSR count). The Balaban J connectivity index is 1.58. The second-order valence-corrected chi connectivity index (χ2v) is 14.9. The molecule has 2 fully saturated rings. The third-order valence-electron chi connectivity index (χ3n) is 8.97. The lowest BCUT2D eigenvalue weighted by Crippen LogP contribution is -2.52. The van der Waals surface area contributed by atoms with Crippen LogP contribution >= 0.6 is 7.60 Å². The number of nitrogens with one attached hydrogen (secondary N) is 3. The summed E-state index contributed by atoms with van der Waals surface area (Å²) in [7, 11) is -2.72. The molecule has 15 heteroatoms. The third-order valence-corrected chi connectivity index (χ3v) is 11.1. The molecule has 5 atom stereocenters. The standard InChI is InChI=1S/C34H53N4O10P/c1-4-5-17-27(23-49(45,46-3)48-24(2)32(41)38-21-12-19-29(38)33(42)43)36-31(40)28(37-30(39)26-15-11-16-26)18-9-10-20-35-34(44)47-22-25-13-7-6-8-14-25/h6-8,13-14,24,26-29H,4-5,9-12,15-23H2,1-3H3,(H,35,44)(H,36,40)(H,37,39)(H,42,43)/t24-,27?,28-,29-,49?/m0/s1. The van der Waals surface area contributed by atoms with Gasteiger partial charge in [0.15, 0.2) is 0 Å². The first-order valence-electron chi connectivity index (χ1n) is 17.4. The first kappa shape index (κ1) is 40.0. The van der Waals surface area contributed by atoms with Gasteiger partial charge in [0.25, 0.3) is 5.91 Å². The van der Waals surface area contributed by atoms with Crippen molar-refractivity contribution in [3.63, 3.8) is 0 Å². The molecule has 4 amide bonds. The molecule has 14 nitrogen and oxygen atoms in total. The number of carboxylic acid groups (broad SMARTS) is 1. The molecule has 49 heavy (non-hydrogen) atoms. The van der Waals surface area contributed by atoms with Crippen molar-refractivity contribution < 1.29 is 47.4 Å². The van der Waals surface area contributed by atoms with E-state index in [2.05, 4.69) is 16.0 Å². The summed E-state index contributed by atoms with van der Waals surface area (Å²) in [5, 5.41) is 18.0. The van der Waals surface area contributed by atoms with Crippen LogP contribution in [-0.2, 0) is 44.1 Å². The first-order chi connectivity index (χ1) is 23.5. The molecular weight excluding hydrogens is 655 g/mol. The molecule has 4 N–H and O–H groups in total. The molecule has 1 aliphatic carbocycles. The number of carbonyl (C=O) groups is 5. The number of alkyl carbamates (subject to hydrolysis) is 1. The van der Waals surface area contributed by atoms with E-state index in [4.69, 9.17) is 13.8 Å². The Kier molecular flexibility index (Phi) is 16.5. The normalized spacial score (nSPS) is 19.1. The van der Waals surface area contributed by atoms with Gasteiger partial charge in [0.05, 0.1) is 6.16 Å². The molecule has 2 unspecified atom stereocenters. The van der Waals surface area contributed by atoms with Crippen molar-refractivity contribution in [3.05, 3.63) is 35.9 Å². The van der Waals surface area contributed by atoms with E-state index in [1.807, 2.05) is 37.3 Å². The van der Waals surface area contributed by atoms with Crippen molar-refractivity contribution in [2.75, 3.05) is 26.4 Å². The minimum absolute atomic E-state index is 0.135. The monoisotopic (exact) mass is 708 g/mol. The van der Waals surface area contributed by atoms with Crippen LogP contribution in [0.4, 0.5) is 4.79 Å². The number of carbonyl (C=O) groups excluding carboxylic acids is 4. The van der Waals surface area contributed by atoms with Gasteiger partial charge in [0.2, 0.25) is 11.8 Å². The quantitative estimate of drug-likeness (QED) is 0.105. The van der Waals surface area contributed by atoms with E-state index >= 15 is 0 Å². The van der Waals surface area contributed by atoms with Crippen LogP contribution in [0.2, 0.25) is 0 Å². The summed E-state index contributed by atoms with van der Waals surface area (Å²) >= 11 is 0. The zero-order valence-corrected chi connectivity index (χ0v) is 29.8. The van der Waals surface area contributed by atoms with Gasteiger partial charge in [0.1, 0.15) is 24.8 Å². The van der Waals surface area contributed by atoms with Crippen LogP contribution in [0.15, 0.2) is 30.3 Å². The smallest absolute Gasteiger partial charge is 0.407 e. The summed E-state index contributed by atoms with van der Waals surface area (Å²) in [6.45, 7) is 4.13. The zero-order chi connectivity index (χ0) is 35.8. The largest absolute Gasteiger partial charge is 0.480 e. The summed E-state index contributed by atoms with van der Waals surface area (Å²) < 4.78 is 30.0. The molecule has 0 radical (unpaired) electrons. The fourth-order valence-corrected chi connectivity index (χ4v) is 7.57. The van der Waals surface area contributed by atoms with Gasteiger partial charge in [-0.05, 0) is 63.9 Å². The van der Waals surface area contributed by atoms with Crippen LogP contribution in [-0.4, -0.2) is 90.4 Å². The fourth-order valence-electron chi connectivity index (χ4n) is 5.87. The summed E-state index contributed by atoms with van der Waals surface area (Å²) in [4.78, 5) is 64.5. The molecule has 2 aliphatic rings. The lowest BCUT2D eigenvalue weighted by Gasteiger charge is -2.30. The van der Waals surface area contributed by atoms with Crippen LogP contribution in [0.5, 0.6) is 0 Å². The van der Waals surface area contributed by atoms with E-state index in [9.17, 15) is 33.6 Å². The second kappa shape index (κ2) is 20.3. The van der Waals surface area contributed by atoms with Gasteiger partial charge in [-0.25, -0.2) is 9.59 Å². The molecule has 1 saturated heterocycles. The molecule has 1 aromatic carbocycles. The van der Waals surface area contributed by atoms with E-state index in [1.165, 1.54) is 18.9 Å². The maximum absolute atomic E-state index is 13.8. The van der Waals surface area contributed by atoms with Crippen molar-refractivity contribution in [1.29, 1.82) is 0 Å². The zero-order valence-electron chi connectivity index (χ0n) is 28.9. The topological polar surface area (TPSA) is 190 Å². The Labute approximate surface area is 288 Å². The van der Waals surface area contributed by atoms with Crippen molar-refractivity contribution in [1.82, 2.24) is 20.9 Å². The van der Waals surface area contributed by atoms with Crippen molar-refractivity contribution in [2.45, 2.75) is 115 Å². The van der Waals surface area contributed by atoms with Gasteiger partial charge in [-0.3, -0.25) is 23.5 Å². The highest BCUT2D eigenvalue weighted by Gasteiger charge is 2.40. The fraction of sp³-hybridized carbons (Fsp3) is 0.676. The number of ether oxygens (including phenoxy) is 1. The molecular formula is C34H53N4O10P. The third kappa shape index (κ3) is 13.1. The van der Waals surface area contributed by atoms with Crippen molar-refractivity contribution in [2.24, 2.45) is 5.92 Å². The maximum atomic E-state index is 13.8. The number of aliphatic carboxylic acids is 1. The number of hydrogen-bond acceptors (Lipinski definition) is 9. The Morgan fingerprint density at radius 1 is 1.00 bits per heavy atom. The van der Waals surface area contributed by atoms with Crippen LogP contribution < -0.4 is 16.0 Å². The highest BCUT2D eigenvalue weighted by atomic mass is 31.2. The molecule has 1 saturated carbocycles. The molecule has 0 aromatic heterocycles. The molecule has 1 aromatic rings. The average Bonchev–Trinajstić information content (AvgIpc) is 3.55. The molecule has 1 heterocycles. The van der Waals surface area contributed by atoms with E-state index in [0.29, 0.717) is 51.5 Å². The summed E-state index contributed by atoms with van der Waals surface area (Å²) in [5.74, 6) is -2.44. The van der Waals surface area contributed by atoms with E-state index in [1.54, 1.807) is 0 Å². The van der Waals surface area contributed by atoms with Gasteiger partial charge in [0, 0.05) is 32.2 Å². The number of likely N-dealkylation sites (tertiary alicyclic amines) is 1. The number of carboxylic acids is 1. The highest BCUT2D eigenvalue weighted by Crippen LogP contribution is 2.49. The SMILES string of the molecule is CCCCC(CP(=O)(OC)O[C@@H](C)C(=O)N1CCC[C@H]1C(=O)O)NC(=O)[C@H](CCCCNC(=O)OCc1ccccc1)NC(=O)C1CCC1. The second-order valence-electron chi connectivity index (χ2n) is 12.8. The highest BCUT2D eigenvalue weighted by molar-refractivity contribution is 7.53. The van der Waals surface area contributed by atoms with Gasteiger partial charge < -0.3 is 35.2 Å². The van der Waals surface area contributed by atoms with Crippen LogP contribution in [0, 0.1) is 5.92 Å². The molecule has 1 aliphatic heterocycles. The summed E-state index contributed by atoms with van der Waals surface area (Å²) in [6, 6.07) is 6.86. The Bertz CT molecular complexity index is 1290. The van der Waals surface area contributed by atoms with Crippen molar-refractivity contribution in [3.8, 4) is 0 Å². The Morgan fingerprint density at radius 2 is 1.73 bits per heavy atom. The van der Waals surface area contributed by atoms with Crippen LogP contribution in [0.25, 0.3) is 0 Å². The van der Waals surface area contributed by atoms with Gasteiger partial charge in [-0.15, -0.1) is 0 Å². The lowest BCUT2D eigenvalue weighted by atomic mass is 9.84. The lowest BCUT2D eigenvalue weighted by molar-refractivity contribution is -0.151. The number of rotatable bonds is 21. The van der Waals surface area contributed by atoms with Crippen molar-refractivity contribution >= 4 is 37.4 Å². The Morgan fingerprint density at radius 3 is 2.37 bits per heavy atom. The number of amides is 4. The number of nitrogens with zero attached hydrogens (tertiary/aromatic N) is 1. The molecule has 0 bridgehead atoms. The van der Waals surface area contributed by atoms with Gasteiger partial charge in [-0.1, -0.05) is 56.5 Å². The van der Waals surface area contributed by atoms with E-state index in [0.717, 1.165) is 31.2 Å². The first-order valence-corrected chi connectivity index (χ1v) is 19.1. The number of hydrogen-bond donors (Lipinski definition) is 4. The van der Waals surface area contributed by atoms with Crippen LogP contribution in [0.3, 0.4) is 0 Å².